The molecule has 14 heteroatoms. The van der Waals surface area contributed by atoms with Crippen molar-refractivity contribution < 1.29 is 35.9 Å². The van der Waals surface area contributed by atoms with Crippen molar-refractivity contribution in [3.05, 3.63) is 69.8 Å². The topological polar surface area (TPSA) is 93.6 Å². The largest absolute Gasteiger partial charge is 0.416 e. The number of amides is 2. The van der Waals surface area contributed by atoms with Crippen LogP contribution in [0.4, 0.5) is 26.3 Å². The van der Waals surface area contributed by atoms with Crippen LogP contribution in [0.3, 0.4) is 0 Å². The number of alkyl halides is 6. The molecule has 2 amide bonds. The number of thioether (sulfide) groups is 1. The van der Waals surface area contributed by atoms with Crippen molar-refractivity contribution in [1.82, 2.24) is 14.7 Å². The molecule has 1 fully saturated rings. The molecule has 0 saturated carbocycles. The number of aromatic nitrogens is 2. The molecule has 216 valence electrons. The zero-order valence-corrected chi connectivity index (χ0v) is 22.1. The predicted octanol–water partition coefficient (Wildman–Crippen LogP) is 5.68. The van der Waals surface area contributed by atoms with Crippen molar-refractivity contribution in [1.29, 1.82) is 0 Å². The van der Waals surface area contributed by atoms with E-state index in [0.717, 1.165) is 18.9 Å². The van der Waals surface area contributed by atoms with Gasteiger partial charge >= 0.3 is 12.4 Å². The third-order valence-electron chi connectivity index (χ3n) is 7.01. The summed E-state index contributed by atoms with van der Waals surface area (Å²) in [5.41, 5.74) is 3.31. The highest BCUT2D eigenvalue weighted by atomic mass is 32.2. The Morgan fingerprint density at radius 3 is 2.44 bits per heavy atom. The number of benzene rings is 2. The van der Waals surface area contributed by atoms with Crippen LogP contribution in [0.2, 0.25) is 0 Å². The second kappa shape index (κ2) is 10.9. The number of aliphatic imine (C=N–C) groups is 1. The number of nitrogens with two attached hydrogens (primary N) is 1. The number of hydrogen-bond acceptors (Lipinski definition) is 5. The Hall–Kier alpha value is -3.81. The van der Waals surface area contributed by atoms with Gasteiger partial charge in [-0.2, -0.15) is 36.4 Å². The number of amidine groups is 1. The van der Waals surface area contributed by atoms with Crippen LogP contribution in [-0.4, -0.2) is 44.8 Å². The van der Waals surface area contributed by atoms with Gasteiger partial charge in [-0.05, 0) is 72.0 Å². The minimum atomic E-state index is -4.98. The molecule has 2 N–H and O–H groups in total. The van der Waals surface area contributed by atoms with Gasteiger partial charge in [-0.25, -0.2) is 0 Å². The molecule has 1 saturated heterocycles. The monoisotopic (exact) mass is 595 g/mol. The van der Waals surface area contributed by atoms with E-state index in [1.807, 2.05) is 4.90 Å². The SMILES string of the molecule is NC(=O)CC1CCN(C2=NC(=O)C(=Cc3ccc4c(cnn4Cc4ccc(C(F)(F)F)cc4C(F)(F)F)c3)S2)CC1. The Labute approximate surface area is 234 Å². The maximum Gasteiger partial charge on any atom is 0.416 e. The van der Waals surface area contributed by atoms with Crippen molar-refractivity contribution in [2.24, 2.45) is 16.6 Å². The van der Waals surface area contributed by atoms with Crippen LogP contribution < -0.4 is 5.73 Å². The lowest BCUT2D eigenvalue weighted by Gasteiger charge is -2.32. The summed E-state index contributed by atoms with van der Waals surface area (Å²) in [5.74, 6) is -0.500. The van der Waals surface area contributed by atoms with E-state index in [-0.39, 0.29) is 29.4 Å². The molecule has 0 bridgehead atoms. The highest BCUT2D eigenvalue weighted by Crippen LogP contribution is 2.38. The molecule has 2 aromatic carbocycles. The predicted molar refractivity (Wildman–Crippen MR) is 141 cm³/mol. The van der Waals surface area contributed by atoms with E-state index >= 15 is 0 Å². The summed E-state index contributed by atoms with van der Waals surface area (Å²) in [7, 11) is 0. The van der Waals surface area contributed by atoms with E-state index in [9.17, 15) is 35.9 Å². The third-order valence-corrected chi connectivity index (χ3v) is 8.05. The quantitative estimate of drug-likeness (QED) is 0.303. The van der Waals surface area contributed by atoms with Crippen LogP contribution in [0.5, 0.6) is 0 Å². The molecule has 2 aliphatic heterocycles. The molecule has 3 heterocycles. The van der Waals surface area contributed by atoms with Gasteiger partial charge in [0.2, 0.25) is 5.91 Å². The number of nitrogens with zero attached hydrogens (tertiary/aromatic N) is 4. The number of hydrogen-bond donors (Lipinski definition) is 1. The molecular formula is C27H23F6N5O2S. The molecule has 0 aliphatic carbocycles. The lowest BCUT2D eigenvalue weighted by atomic mass is 9.94. The molecular weight excluding hydrogens is 572 g/mol. The number of primary amides is 1. The minimum absolute atomic E-state index is 0.112. The van der Waals surface area contributed by atoms with Gasteiger partial charge in [-0.3, -0.25) is 14.3 Å². The number of piperidine rings is 1. The highest BCUT2D eigenvalue weighted by molar-refractivity contribution is 8.18. The fourth-order valence-electron chi connectivity index (χ4n) is 4.93. The van der Waals surface area contributed by atoms with Gasteiger partial charge in [-0.1, -0.05) is 12.1 Å². The second-order valence-electron chi connectivity index (χ2n) is 9.90. The minimum Gasteiger partial charge on any atom is -0.370 e. The Bertz CT molecular complexity index is 1570. The number of carbonyl (C=O) groups is 2. The Morgan fingerprint density at radius 1 is 1.05 bits per heavy atom. The first-order valence-electron chi connectivity index (χ1n) is 12.6. The van der Waals surface area contributed by atoms with Crippen molar-refractivity contribution >= 4 is 45.7 Å². The first-order valence-corrected chi connectivity index (χ1v) is 13.4. The smallest absolute Gasteiger partial charge is 0.370 e. The first kappa shape index (κ1) is 28.7. The van der Waals surface area contributed by atoms with Crippen LogP contribution in [0.15, 0.2) is 52.5 Å². The van der Waals surface area contributed by atoms with Gasteiger partial charge < -0.3 is 10.6 Å². The summed E-state index contributed by atoms with van der Waals surface area (Å²) in [4.78, 5) is 30.3. The average Bonchev–Trinajstić information content (AvgIpc) is 3.45. The molecule has 3 aromatic rings. The summed E-state index contributed by atoms with van der Waals surface area (Å²) in [6, 6.07) is 6.56. The number of rotatable bonds is 5. The fraction of sp³-hybridized carbons (Fsp3) is 0.333. The summed E-state index contributed by atoms with van der Waals surface area (Å²) in [5, 5.41) is 5.31. The zero-order valence-electron chi connectivity index (χ0n) is 21.3. The van der Waals surface area contributed by atoms with E-state index < -0.39 is 30.0 Å². The molecule has 0 atom stereocenters. The van der Waals surface area contributed by atoms with Gasteiger partial charge in [0, 0.05) is 24.9 Å². The lowest BCUT2D eigenvalue weighted by molar-refractivity contribution is -0.143. The Kier molecular flexibility index (Phi) is 7.62. The van der Waals surface area contributed by atoms with Gasteiger partial charge in [0.1, 0.15) is 0 Å². The van der Waals surface area contributed by atoms with E-state index in [0.29, 0.717) is 52.1 Å². The number of fused-ring (bicyclic) bond motifs is 1. The summed E-state index contributed by atoms with van der Waals surface area (Å²) < 4.78 is 81.1. The molecule has 0 spiro atoms. The summed E-state index contributed by atoms with van der Waals surface area (Å²) >= 11 is 1.24. The maximum atomic E-state index is 13.6. The highest BCUT2D eigenvalue weighted by Gasteiger charge is 2.38. The van der Waals surface area contributed by atoms with Crippen molar-refractivity contribution in [2.75, 3.05) is 13.1 Å². The number of halogens is 6. The standard InChI is InChI=1S/C27H23F6N5O2S/c28-26(29,30)19-3-2-17(20(12-19)27(31,32)33)14-38-21-4-1-16(9-18(21)13-35-38)10-22-24(40)36-25(41-22)37-7-5-15(6-8-37)11-23(34)39/h1-4,9-10,12-13,15H,5-8,11,14H2,(H2,34,39). The second-order valence-corrected chi connectivity index (χ2v) is 10.9. The zero-order chi connectivity index (χ0) is 29.5. The van der Waals surface area contributed by atoms with Gasteiger partial charge in [0.25, 0.3) is 5.91 Å². The van der Waals surface area contributed by atoms with Crippen LogP contribution >= 0.6 is 11.8 Å². The Balaban J connectivity index is 1.31. The van der Waals surface area contributed by atoms with E-state index in [1.54, 1.807) is 24.3 Å². The Morgan fingerprint density at radius 2 is 1.78 bits per heavy atom. The van der Waals surface area contributed by atoms with Crippen LogP contribution in [0.1, 0.15) is 41.5 Å². The van der Waals surface area contributed by atoms with E-state index in [1.165, 1.54) is 22.6 Å². The van der Waals surface area contributed by atoms with Crippen LogP contribution in [0, 0.1) is 5.92 Å². The molecule has 7 nitrogen and oxygen atoms in total. The third kappa shape index (κ3) is 6.42. The maximum absolute atomic E-state index is 13.6. The molecule has 0 radical (unpaired) electrons. The molecule has 5 rings (SSSR count). The van der Waals surface area contributed by atoms with Gasteiger partial charge in [-0.15, -0.1) is 0 Å². The van der Waals surface area contributed by atoms with Crippen molar-refractivity contribution in [3.8, 4) is 0 Å². The lowest BCUT2D eigenvalue weighted by Crippen LogP contribution is -2.37. The van der Waals surface area contributed by atoms with Crippen LogP contribution in [-0.2, 0) is 28.5 Å². The summed E-state index contributed by atoms with van der Waals surface area (Å²) in [6.45, 7) is 0.924. The molecule has 2 aliphatic rings. The van der Waals surface area contributed by atoms with Gasteiger partial charge in [0.05, 0.1) is 34.3 Å². The molecule has 41 heavy (non-hydrogen) atoms. The van der Waals surface area contributed by atoms with E-state index in [4.69, 9.17) is 5.73 Å². The normalized spacial score (nSPS) is 18.0. The summed E-state index contributed by atoms with van der Waals surface area (Å²) in [6.07, 6.45) is -4.90. The number of carbonyl (C=O) groups excluding carboxylic acids is 2. The first-order chi connectivity index (χ1) is 19.3. The fourth-order valence-corrected chi connectivity index (χ4v) is 5.90. The average molecular weight is 596 g/mol. The van der Waals surface area contributed by atoms with Gasteiger partial charge in [0.15, 0.2) is 5.17 Å². The van der Waals surface area contributed by atoms with Crippen molar-refractivity contribution in [2.45, 2.75) is 38.2 Å². The molecule has 0 unspecified atom stereocenters. The molecule has 1 aromatic heterocycles. The van der Waals surface area contributed by atoms with E-state index in [2.05, 4.69) is 10.1 Å². The number of likely N-dealkylation sites (tertiary alicyclic amines) is 1. The van der Waals surface area contributed by atoms with Crippen LogP contribution in [0.25, 0.3) is 17.0 Å². The van der Waals surface area contributed by atoms with Crippen molar-refractivity contribution in [3.63, 3.8) is 0 Å².